The van der Waals surface area contributed by atoms with Crippen molar-refractivity contribution in [3.63, 3.8) is 0 Å². The van der Waals surface area contributed by atoms with Gasteiger partial charge in [-0.1, -0.05) is 18.2 Å². The second-order valence-electron chi connectivity index (χ2n) is 5.85. The molecule has 0 saturated heterocycles. The molecule has 0 aromatic heterocycles. The maximum atomic E-state index is 12.2. The van der Waals surface area contributed by atoms with E-state index >= 15 is 0 Å². The number of nitrogens with one attached hydrogen (secondary N) is 1. The van der Waals surface area contributed by atoms with Crippen molar-refractivity contribution in [3.8, 4) is 11.5 Å². The van der Waals surface area contributed by atoms with Crippen LogP contribution in [-0.2, 0) is 10.0 Å². The van der Waals surface area contributed by atoms with Crippen LogP contribution in [0.3, 0.4) is 0 Å². The van der Waals surface area contributed by atoms with Crippen LogP contribution in [0.1, 0.15) is 15.9 Å². The zero-order valence-electron chi connectivity index (χ0n) is 15.5. The minimum absolute atomic E-state index is 0.0682. The van der Waals surface area contributed by atoms with Gasteiger partial charge in [0.25, 0.3) is 10.0 Å². The van der Waals surface area contributed by atoms with E-state index in [-0.39, 0.29) is 4.90 Å². The molecule has 0 radical (unpaired) electrons. The third kappa shape index (κ3) is 5.43. The Hall–Kier alpha value is -3.65. The lowest BCUT2D eigenvalue weighted by Crippen LogP contribution is -2.18. The summed E-state index contributed by atoms with van der Waals surface area (Å²) in [5, 5.41) is 3.77. The Balaban J connectivity index is 1.60. The van der Waals surface area contributed by atoms with Gasteiger partial charge < -0.3 is 9.47 Å². The summed E-state index contributed by atoms with van der Waals surface area (Å²) in [6.07, 6.45) is 1.35. The Morgan fingerprint density at radius 2 is 1.52 bits per heavy atom. The number of esters is 1. The summed E-state index contributed by atoms with van der Waals surface area (Å²) in [4.78, 5) is 14.2. The molecule has 0 amide bonds. The van der Waals surface area contributed by atoms with Crippen LogP contribution in [0, 0.1) is 0 Å². The number of carbonyl (C=O) groups is 1. The monoisotopic (exact) mass is 410 g/mol. The highest BCUT2D eigenvalue weighted by atomic mass is 32.2. The molecule has 29 heavy (non-hydrogen) atoms. The number of carbonyl (C=O) groups excluding carboxylic acids is 1. The number of sulfonamides is 1. The highest BCUT2D eigenvalue weighted by Gasteiger charge is 2.12. The second kappa shape index (κ2) is 9.03. The lowest BCUT2D eigenvalue weighted by molar-refractivity contribution is 0.0734. The molecule has 3 aromatic carbocycles. The van der Waals surface area contributed by atoms with Gasteiger partial charge in [-0.25, -0.2) is 9.63 Å². The number of benzene rings is 3. The minimum atomic E-state index is -3.78. The first-order chi connectivity index (χ1) is 14.0. The molecular formula is C21H18N2O5S. The van der Waals surface area contributed by atoms with Crippen molar-refractivity contribution in [3.05, 3.63) is 90.0 Å². The number of hydrazone groups is 1. The van der Waals surface area contributed by atoms with E-state index in [2.05, 4.69) is 9.93 Å². The normalized spacial score (nSPS) is 11.2. The van der Waals surface area contributed by atoms with Crippen LogP contribution in [0.4, 0.5) is 0 Å². The molecule has 8 heteroatoms. The third-order valence-corrected chi connectivity index (χ3v) is 5.09. The molecule has 148 valence electrons. The zero-order chi connectivity index (χ0) is 20.7. The van der Waals surface area contributed by atoms with Gasteiger partial charge in [0.15, 0.2) is 0 Å². The molecule has 0 aliphatic carbocycles. The smallest absolute Gasteiger partial charge is 0.343 e. The van der Waals surface area contributed by atoms with Crippen LogP contribution in [0.15, 0.2) is 88.9 Å². The standard InChI is InChI=1S/C21H18N2O5S/c1-27-18-11-13-20(14-12-18)29(25,26)23-22-15-16-7-9-19(10-8-16)28-21(24)17-5-3-2-4-6-17/h2-15,23H,1H3. The van der Waals surface area contributed by atoms with Gasteiger partial charge in [0.05, 0.1) is 23.8 Å². The molecule has 0 saturated carbocycles. The van der Waals surface area contributed by atoms with Crippen LogP contribution in [0.2, 0.25) is 0 Å². The van der Waals surface area contributed by atoms with E-state index in [1.54, 1.807) is 60.7 Å². The van der Waals surface area contributed by atoms with Crippen LogP contribution in [-0.4, -0.2) is 27.7 Å². The molecule has 3 rings (SSSR count). The average molecular weight is 410 g/mol. The largest absolute Gasteiger partial charge is 0.497 e. The van der Waals surface area contributed by atoms with Crippen molar-refractivity contribution in [1.29, 1.82) is 0 Å². The van der Waals surface area contributed by atoms with Gasteiger partial charge in [-0.15, -0.1) is 0 Å². The number of nitrogens with zero attached hydrogens (tertiary/aromatic N) is 1. The first-order valence-electron chi connectivity index (χ1n) is 8.54. The Bertz CT molecular complexity index is 1090. The molecule has 0 atom stereocenters. The average Bonchev–Trinajstić information content (AvgIpc) is 2.75. The Labute approximate surface area is 168 Å². The minimum Gasteiger partial charge on any atom is -0.497 e. The molecular weight excluding hydrogens is 392 g/mol. The Kier molecular flexibility index (Phi) is 6.25. The van der Waals surface area contributed by atoms with Gasteiger partial charge in [0.1, 0.15) is 11.5 Å². The van der Waals surface area contributed by atoms with Crippen molar-refractivity contribution in [2.45, 2.75) is 4.90 Å². The van der Waals surface area contributed by atoms with E-state index in [9.17, 15) is 13.2 Å². The van der Waals surface area contributed by atoms with Crippen molar-refractivity contribution in [2.75, 3.05) is 7.11 Å². The maximum absolute atomic E-state index is 12.2. The number of hydrogen-bond donors (Lipinski definition) is 1. The molecule has 0 aliphatic rings. The van der Waals surface area contributed by atoms with Crippen LogP contribution in [0.5, 0.6) is 11.5 Å². The van der Waals surface area contributed by atoms with E-state index in [4.69, 9.17) is 9.47 Å². The van der Waals surface area contributed by atoms with Crippen molar-refractivity contribution in [2.24, 2.45) is 5.10 Å². The fraction of sp³-hybridized carbons (Fsp3) is 0.0476. The molecule has 0 heterocycles. The van der Waals surface area contributed by atoms with Crippen molar-refractivity contribution < 1.29 is 22.7 Å². The highest BCUT2D eigenvalue weighted by Crippen LogP contribution is 2.16. The summed E-state index contributed by atoms with van der Waals surface area (Å²) in [6, 6.07) is 21.1. The van der Waals surface area contributed by atoms with Crippen LogP contribution >= 0.6 is 0 Å². The quantitative estimate of drug-likeness (QED) is 0.279. The molecule has 0 spiro atoms. The third-order valence-electron chi connectivity index (χ3n) is 3.86. The predicted molar refractivity (Wildman–Crippen MR) is 109 cm³/mol. The fourth-order valence-corrected chi connectivity index (χ4v) is 3.13. The number of rotatable bonds is 7. The summed E-state index contributed by atoms with van der Waals surface area (Å²) in [5.41, 5.74) is 1.08. The van der Waals surface area contributed by atoms with Gasteiger partial charge in [-0.3, -0.25) is 0 Å². The van der Waals surface area contributed by atoms with Gasteiger partial charge in [0.2, 0.25) is 0 Å². The van der Waals surface area contributed by atoms with E-state index in [1.807, 2.05) is 6.07 Å². The van der Waals surface area contributed by atoms with Crippen molar-refractivity contribution in [1.82, 2.24) is 4.83 Å². The summed E-state index contributed by atoms with van der Waals surface area (Å²) in [7, 11) is -2.28. The van der Waals surface area contributed by atoms with Gasteiger partial charge >= 0.3 is 5.97 Å². The number of ether oxygens (including phenoxy) is 2. The highest BCUT2D eigenvalue weighted by molar-refractivity contribution is 7.89. The topological polar surface area (TPSA) is 94.1 Å². The first-order valence-corrected chi connectivity index (χ1v) is 10.0. The van der Waals surface area contributed by atoms with Crippen LogP contribution < -0.4 is 14.3 Å². The first kappa shape index (κ1) is 20.1. The molecule has 0 aliphatic heterocycles. The van der Waals surface area contributed by atoms with Gasteiger partial charge in [-0.2, -0.15) is 13.5 Å². The molecule has 3 aromatic rings. The number of methoxy groups -OCH3 is 1. The van der Waals surface area contributed by atoms with Gasteiger partial charge in [-0.05, 0) is 66.2 Å². The summed E-state index contributed by atoms with van der Waals surface area (Å²) in [6.45, 7) is 0. The molecule has 0 fully saturated rings. The Morgan fingerprint density at radius 1 is 0.897 bits per heavy atom. The molecule has 0 unspecified atom stereocenters. The van der Waals surface area contributed by atoms with E-state index in [1.165, 1.54) is 25.5 Å². The zero-order valence-corrected chi connectivity index (χ0v) is 16.3. The molecule has 0 bridgehead atoms. The lowest BCUT2D eigenvalue weighted by atomic mass is 10.2. The van der Waals surface area contributed by atoms with Crippen LogP contribution in [0.25, 0.3) is 0 Å². The predicted octanol–water partition coefficient (Wildman–Crippen LogP) is 3.23. The second-order valence-corrected chi connectivity index (χ2v) is 7.51. The van der Waals surface area contributed by atoms with E-state index in [0.717, 1.165) is 0 Å². The van der Waals surface area contributed by atoms with Crippen molar-refractivity contribution >= 4 is 22.2 Å². The Morgan fingerprint density at radius 3 is 2.14 bits per heavy atom. The fourth-order valence-electron chi connectivity index (χ4n) is 2.34. The molecule has 7 nitrogen and oxygen atoms in total. The maximum Gasteiger partial charge on any atom is 0.343 e. The summed E-state index contributed by atoms with van der Waals surface area (Å²) in [5.74, 6) is 0.467. The van der Waals surface area contributed by atoms with E-state index < -0.39 is 16.0 Å². The molecule has 1 N–H and O–H groups in total. The summed E-state index contributed by atoms with van der Waals surface area (Å²) < 4.78 is 34.7. The lowest BCUT2D eigenvalue weighted by Gasteiger charge is -2.05. The summed E-state index contributed by atoms with van der Waals surface area (Å²) >= 11 is 0. The van der Waals surface area contributed by atoms with E-state index in [0.29, 0.717) is 22.6 Å². The van der Waals surface area contributed by atoms with Gasteiger partial charge in [0, 0.05) is 0 Å². The SMILES string of the molecule is COc1ccc(S(=O)(=O)NN=Cc2ccc(OC(=O)c3ccccc3)cc2)cc1. The number of hydrogen-bond acceptors (Lipinski definition) is 6.